The molecule has 0 aromatic carbocycles. The van der Waals surface area contributed by atoms with Crippen LogP contribution in [0.15, 0.2) is 10.5 Å². The van der Waals surface area contributed by atoms with Crippen LogP contribution in [0.3, 0.4) is 0 Å². The van der Waals surface area contributed by atoms with Crippen molar-refractivity contribution in [3.8, 4) is 0 Å². The molecule has 2 heterocycles. The van der Waals surface area contributed by atoms with E-state index in [-0.39, 0.29) is 11.7 Å². The lowest BCUT2D eigenvalue weighted by Gasteiger charge is -2.25. The van der Waals surface area contributed by atoms with E-state index in [0.717, 1.165) is 12.1 Å². The van der Waals surface area contributed by atoms with E-state index in [2.05, 4.69) is 10.1 Å². The SMILES string of the molecule is COC(=O)c1oc(CN2CCNC(=O)C2)cc1C. The number of amides is 1. The number of methoxy groups -OCH3 is 1. The first-order valence-corrected chi connectivity index (χ1v) is 5.77. The van der Waals surface area contributed by atoms with Gasteiger partial charge in [-0.05, 0) is 13.0 Å². The minimum absolute atomic E-state index is 0.0118. The van der Waals surface area contributed by atoms with Gasteiger partial charge in [-0.15, -0.1) is 0 Å². The number of hydrogen-bond acceptors (Lipinski definition) is 5. The van der Waals surface area contributed by atoms with Gasteiger partial charge in [-0.25, -0.2) is 4.79 Å². The average molecular weight is 252 g/mol. The summed E-state index contributed by atoms with van der Waals surface area (Å²) in [6, 6.07) is 1.80. The van der Waals surface area contributed by atoms with Gasteiger partial charge in [-0.1, -0.05) is 0 Å². The lowest BCUT2D eigenvalue weighted by Crippen LogP contribution is -2.47. The van der Waals surface area contributed by atoms with E-state index in [4.69, 9.17) is 4.42 Å². The van der Waals surface area contributed by atoms with E-state index >= 15 is 0 Å². The van der Waals surface area contributed by atoms with Gasteiger partial charge >= 0.3 is 5.97 Å². The summed E-state index contributed by atoms with van der Waals surface area (Å²) in [5.74, 6) is 0.435. The number of aryl methyl sites for hydroxylation is 1. The summed E-state index contributed by atoms with van der Waals surface area (Å²) in [5, 5.41) is 2.76. The third kappa shape index (κ3) is 2.70. The summed E-state index contributed by atoms with van der Waals surface area (Å²) in [7, 11) is 1.32. The number of rotatable bonds is 3. The number of nitrogens with zero attached hydrogens (tertiary/aromatic N) is 1. The molecule has 6 heteroatoms. The number of esters is 1. The minimum atomic E-state index is -0.477. The Morgan fingerprint density at radius 3 is 3.06 bits per heavy atom. The molecule has 1 aromatic heterocycles. The zero-order valence-corrected chi connectivity index (χ0v) is 10.5. The molecule has 0 atom stereocenters. The van der Waals surface area contributed by atoms with Crippen LogP contribution in [0.2, 0.25) is 0 Å². The lowest BCUT2D eigenvalue weighted by atomic mass is 10.2. The highest BCUT2D eigenvalue weighted by molar-refractivity contribution is 5.87. The predicted molar refractivity (Wildman–Crippen MR) is 63.1 cm³/mol. The molecule has 1 N–H and O–H groups in total. The van der Waals surface area contributed by atoms with Crippen LogP contribution in [0.5, 0.6) is 0 Å². The number of furan rings is 1. The number of carbonyl (C=O) groups excluding carboxylic acids is 2. The molecule has 0 saturated carbocycles. The first-order valence-electron chi connectivity index (χ1n) is 5.77. The number of nitrogens with one attached hydrogen (secondary N) is 1. The van der Waals surface area contributed by atoms with E-state index in [0.29, 0.717) is 25.4 Å². The van der Waals surface area contributed by atoms with Crippen molar-refractivity contribution in [2.45, 2.75) is 13.5 Å². The largest absolute Gasteiger partial charge is 0.463 e. The molecule has 0 aliphatic carbocycles. The van der Waals surface area contributed by atoms with Crippen LogP contribution in [0, 0.1) is 6.92 Å². The van der Waals surface area contributed by atoms with E-state index in [1.165, 1.54) is 7.11 Å². The van der Waals surface area contributed by atoms with E-state index in [1.807, 2.05) is 4.90 Å². The Bertz CT molecular complexity index is 467. The summed E-state index contributed by atoms with van der Waals surface area (Å²) in [6.07, 6.45) is 0. The maximum Gasteiger partial charge on any atom is 0.374 e. The van der Waals surface area contributed by atoms with Crippen LogP contribution in [0.1, 0.15) is 21.9 Å². The normalized spacial score (nSPS) is 16.4. The summed E-state index contributed by atoms with van der Waals surface area (Å²) >= 11 is 0. The molecule has 2 rings (SSSR count). The van der Waals surface area contributed by atoms with Gasteiger partial charge < -0.3 is 14.5 Å². The molecular formula is C12H16N2O4. The Morgan fingerprint density at radius 2 is 2.39 bits per heavy atom. The number of piperazine rings is 1. The van der Waals surface area contributed by atoms with Gasteiger partial charge in [0.05, 0.1) is 20.2 Å². The van der Waals surface area contributed by atoms with Crippen LogP contribution in [-0.4, -0.2) is 43.5 Å². The second-order valence-electron chi connectivity index (χ2n) is 4.28. The van der Waals surface area contributed by atoms with Gasteiger partial charge in [0.1, 0.15) is 5.76 Å². The molecule has 1 aliphatic rings. The van der Waals surface area contributed by atoms with E-state index < -0.39 is 5.97 Å². The zero-order chi connectivity index (χ0) is 13.1. The number of hydrogen-bond donors (Lipinski definition) is 1. The van der Waals surface area contributed by atoms with Crippen molar-refractivity contribution >= 4 is 11.9 Å². The van der Waals surface area contributed by atoms with Crippen molar-refractivity contribution in [3.05, 3.63) is 23.2 Å². The van der Waals surface area contributed by atoms with Crippen molar-refractivity contribution in [2.75, 3.05) is 26.7 Å². The topological polar surface area (TPSA) is 71.8 Å². The fraction of sp³-hybridized carbons (Fsp3) is 0.500. The molecule has 1 amide bonds. The lowest BCUT2D eigenvalue weighted by molar-refractivity contribution is -0.124. The van der Waals surface area contributed by atoms with Crippen molar-refractivity contribution < 1.29 is 18.7 Å². The molecule has 0 unspecified atom stereocenters. The van der Waals surface area contributed by atoms with E-state index in [9.17, 15) is 9.59 Å². The second-order valence-corrected chi connectivity index (χ2v) is 4.28. The Hall–Kier alpha value is -1.82. The van der Waals surface area contributed by atoms with Crippen molar-refractivity contribution in [3.63, 3.8) is 0 Å². The molecule has 0 radical (unpaired) electrons. The molecular weight excluding hydrogens is 236 g/mol. The van der Waals surface area contributed by atoms with Crippen LogP contribution in [0.4, 0.5) is 0 Å². The molecule has 98 valence electrons. The highest BCUT2D eigenvalue weighted by atomic mass is 16.5. The van der Waals surface area contributed by atoms with Crippen molar-refractivity contribution in [1.82, 2.24) is 10.2 Å². The fourth-order valence-corrected chi connectivity index (χ4v) is 1.97. The molecule has 0 spiro atoms. The third-order valence-corrected chi connectivity index (χ3v) is 2.84. The Kier molecular flexibility index (Phi) is 3.66. The van der Waals surface area contributed by atoms with Crippen LogP contribution in [-0.2, 0) is 16.1 Å². The molecule has 1 saturated heterocycles. The van der Waals surface area contributed by atoms with Gasteiger partial charge in [0.25, 0.3) is 0 Å². The van der Waals surface area contributed by atoms with E-state index in [1.54, 1.807) is 13.0 Å². The van der Waals surface area contributed by atoms with Crippen LogP contribution >= 0.6 is 0 Å². The number of carbonyl (C=O) groups is 2. The van der Waals surface area contributed by atoms with Gasteiger partial charge in [0.15, 0.2) is 0 Å². The summed E-state index contributed by atoms with van der Waals surface area (Å²) in [5.41, 5.74) is 0.748. The molecule has 6 nitrogen and oxygen atoms in total. The summed E-state index contributed by atoms with van der Waals surface area (Å²) in [4.78, 5) is 24.6. The first kappa shape index (κ1) is 12.6. The molecule has 1 aromatic rings. The number of ether oxygens (including phenoxy) is 1. The zero-order valence-electron chi connectivity index (χ0n) is 10.5. The Morgan fingerprint density at radius 1 is 1.61 bits per heavy atom. The fourth-order valence-electron chi connectivity index (χ4n) is 1.97. The molecule has 1 aliphatic heterocycles. The predicted octanol–water partition coefficient (Wildman–Crippen LogP) is 0.306. The minimum Gasteiger partial charge on any atom is -0.463 e. The first-order chi connectivity index (χ1) is 8.60. The maximum atomic E-state index is 11.4. The Balaban J connectivity index is 2.05. The van der Waals surface area contributed by atoms with Gasteiger partial charge in [-0.2, -0.15) is 0 Å². The second kappa shape index (κ2) is 5.22. The summed E-state index contributed by atoms with van der Waals surface area (Å²) < 4.78 is 10.1. The van der Waals surface area contributed by atoms with Crippen LogP contribution in [0.25, 0.3) is 0 Å². The highest BCUT2D eigenvalue weighted by Crippen LogP contribution is 2.17. The van der Waals surface area contributed by atoms with Gasteiger partial charge in [0, 0.05) is 18.7 Å². The molecule has 18 heavy (non-hydrogen) atoms. The average Bonchev–Trinajstić information content (AvgIpc) is 2.69. The van der Waals surface area contributed by atoms with Crippen molar-refractivity contribution in [2.24, 2.45) is 0 Å². The molecule has 0 bridgehead atoms. The molecule has 1 fully saturated rings. The summed E-state index contributed by atoms with van der Waals surface area (Å²) in [6.45, 7) is 4.09. The Labute approximate surface area is 105 Å². The quantitative estimate of drug-likeness (QED) is 0.784. The van der Waals surface area contributed by atoms with Crippen molar-refractivity contribution in [1.29, 1.82) is 0 Å². The monoisotopic (exact) mass is 252 g/mol. The van der Waals surface area contributed by atoms with Crippen LogP contribution < -0.4 is 5.32 Å². The standard InChI is InChI=1S/C12H16N2O4/c1-8-5-9(18-11(8)12(16)17-2)6-14-4-3-13-10(15)7-14/h5H,3-4,6-7H2,1-2H3,(H,13,15). The smallest absolute Gasteiger partial charge is 0.374 e. The third-order valence-electron chi connectivity index (χ3n) is 2.84. The van der Waals surface area contributed by atoms with Gasteiger partial charge in [0.2, 0.25) is 11.7 Å². The maximum absolute atomic E-state index is 11.4. The van der Waals surface area contributed by atoms with Gasteiger partial charge in [-0.3, -0.25) is 9.69 Å². The highest BCUT2D eigenvalue weighted by Gasteiger charge is 2.20.